The van der Waals surface area contributed by atoms with Gasteiger partial charge in [0.1, 0.15) is 11.5 Å². The number of unbranched alkanes of at least 4 members (excludes halogenated alkanes) is 2. The highest BCUT2D eigenvalue weighted by Crippen LogP contribution is 2.35. The lowest BCUT2D eigenvalue weighted by molar-refractivity contribution is -0.122. The number of halogens is 1. The second kappa shape index (κ2) is 13.6. The van der Waals surface area contributed by atoms with Gasteiger partial charge >= 0.3 is 0 Å². The average molecular weight is 502 g/mol. The van der Waals surface area contributed by atoms with Crippen molar-refractivity contribution in [3.63, 3.8) is 0 Å². The highest BCUT2D eigenvalue weighted by Gasteiger charge is 2.24. The molecule has 2 aromatic rings. The SMILES string of the molecule is COc1ccccc1N1CCN(CCCCCC(=O)NC2CCCc3c(OC)cccc32)CC1.Cl. The molecule has 1 aliphatic carbocycles. The first-order chi connectivity index (χ1) is 16.7. The van der Waals surface area contributed by atoms with Crippen LogP contribution in [0.25, 0.3) is 0 Å². The minimum absolute atomic E-state index is 0. The number of anilines is 1. The average Bonchev–Trinajstić information content (AvgIpc) is 2.88. The van der Waals surface area contributed by atoms with E-state index < -0.39 is 0 Å². The summed E-state index contributed by atoms with van der Waals surface area (Å²) in [7, 11) is 3.46. The van der Waals surface area contributed by atoms with Crippen molar-refractivity contribution in [2.75, 3.05) is 51.8 Å². The van der Waals surface area contributed by atoms with Crippen molar-refractivity contribution < 1.29 is 14.3 Å². The molecule has 0 aromatic heterocycles. The molecule has 0 radical (unpaired) electrons. The molecule has 1 saturated heterocycles. The van der Waals surface area contributed by atoms with Gasteiger partial charge in [-0.2, -0.15) is 0 Å². The minimum Gasteiger partial charge on any atom is -0.496 e. The van der Waals surface area contributed by atoms with Crippen molar-refractivity contribution in [1.82, 2.24) is 10.2 Å². The van der Waals surface area contributed by atoms with E-state index in [1.165, 1.54) is 16.8 Å². The lowest BCUT2D eigenvalue weighted by atomic mass is 9.87. The number of rotatable bonds is 10. The molecule has 1 atom stereocenters. The van der Waals surface area contributed by atoms with Crippen molar-refractivity contribution in [1.29, 1.82) is 0 Å². The summed E-state index contributed by atoms with van der Waals surface area (Å²) in [6.07, 6.45) is 6.91. The minimum atomic E-state index is 0. The number of carbonyl (C=O) groups is 1. The third-order valence-corrected chi connectivity index (χ3v) is 7.20. The summed E-state index contributed by atoms with van der Waals surface area (Å²) >= 11 is 0. The third-order valence-electron chi connectivity index (χ3n) is 7.20. The number of amides is 1. The number of methoxy groups -OCH3 is 2. The van der Waals surface area contributed by atoms with E-state index in [0.29, 0.717) is 6.42 Å². The summed E-state index contributed by atoms with van der Waals surface area (Å²) in [6.45, 7) is 5.30. The van der Waals surface area contributed by atoms with Crippen molar-refractivity contribution in [2.45, 2.75) is 51.0 Å². The Morgan fingerprint density at radius 3 is 2.46 bits per heavy atom. The topological polar surface area (TPSA) is 54.0 Å². The van der Waals surface area contributed by atoms with E-state index in [4.69, 9.17) is 9.47 Å². The van der Waals surface area contributed by atoms with Gasteiger partial charge in [-0.15, -0.1) is 12.4 Å². The summed E-state index contributed by atoms with van der Waals surface area (Å²) in [5, 5.41) is 3.28. The van der Waals surface area contributed by atoms with Crippen LogP contribution < -0.4 is 19.7 Å². The lowest BCUT2D eigenvalue weighted by Crippen LogP contribution is -2.46. The predicted molar refractivity (Wildman–Crippen MR) is 144 cm³/mol. The first-order valence-corrected chi connectivity index (χ1v) is 12.7. The molecule has 6 nitrogen and oxygen atoms in total. The molecule has 192 valence electrons. The fourth-order valence-corrected chi connectivity index (χ4v) is 5.32. The number of nitrogens with zero attached hydrogens (tertiary/aromatic N) is 2. The Morgan fingerprint density at radius 1 is 0.943 bits per heavy atom. The second-order valence-corrected chi connectivity index (χ2v) is 9.35. The standard InChI is InChI=1S/C28H39N3O3.ClH/c1-33-26-15-9-10-22-23(26)11-8-12-24(22)29-28(32)16-4-3-7-17-30-18-20-31(21-19-30)25-13-5-6-14-27(25)34-2;/h5-6,9-10,13-15,24H,3-4,7-8,11-12,16-21H2,1-2H3,(H,29,32);1H. The Bertz CT molecular complexity index is 947. The van der Waals surface area contributed by atoms with Crippen LogP contribution in [-0.2, 0) is 11.2 Å². The molecular weight excluding hydrogens is 462 g/mol. The van der Waals surface area contributed by atoms with Gasteiger partial charge in [-0.1, -0.05) is 30.7 Å². The molecule has 2 aromatic carbocycles. The van der Waals surface area contributed by atoms with E-state index in [0.717, 1.165) is 82.7 Å². The van der Waals surface area contributed by atoms with Crippen LogP contribution in [0, 0.1) is 0 Å². The van der Waals surface area contributed by atoms with Gasteiger partial charge in [-0.05, 0) is 68.0 Å². The fourth-order valence-electron chi connectivity index (χ4n) is 5.32. The van der Waals surface area contributed by atoms with Crippen LogP contribution in [0.15, 0.2) is 42.5 Å². The van der Waals surface area contributed by atoms with E-state index in [9.17, 15) is 4.79 Å². The summed E-state index contributed by atoms with van der Waals surface area (Å²) in [5.41, 5.74) is 3.67. The van der Waals surface area contributed by atoms with Gasteiger partial charge in [0, 0.05) is 32.6 Å². The van der Waals surface area contributed by atoms with Gasteiger partial charge < -0.3 is 19.7 Å². The molecule has 4 rings (SSSR count). The van der Waals surface area contributed by atoms with Crippen LogP contribution in [-0.4, -0.2) is 57.8 Å². The maximum atomic E-state index is 12.6. The molecule has 0 spiro atoms. The van der Waals surface area contributed by atoms with Gasteiger partial charge in [-0.25, -0.2) is 0 Å². The number of benzene rings is 2. The molecule has 0 bridgehead atoms. The van der Waals surface area contributed by atoms with Crippen molar-refractivity contribution in [2.24, 2.45) is 0 Å². The number of fused-ring (bicyclic) bond motifs is 1. The third kappa shape index (κ3) is 7.05. The zero-order valence-electron chi connectivity index (χ0n) is 21.1. The zero-order valence-corrected chi connectivity index (χ0v) is 21.9. The Labute approximate surface area is 216 Å². The van der Waals surface area contributed by atoms with Crippen LogP contribution >= 0.6 is 12.4 Å². The number of piperazine rings is 1. The predicted octanol–water partition coefficient (Wildman–Crippen LogP) is 5.00. The molecule has 0 saturated carbocycles. The van der Waals surface area contributed by atoms with Gasteiger partial charge in [0.05, 0.1) is 25.9 Å². The summed E-state index contributed by atoms with van der Waals surface area (Å²) in [6, 6.07) is 14.6. The number of ether oxygens (including phenoxy) is 2. The van der Waals surface area contributed by atoms with Crippen molar-refractivity contribution in [3.05, 3.63) is 53.6 Å². The van der Waals surface area contributed by atoms with Crippen molar-refractivity contribution in [3.8, 4) is 11.5 Å². The summed E-state index contributed by atoms with van der Waals surface area (Å²) in [4.78, 5) is 17.6. The van der Waals surface area contributed by atoms with E-state index in [2.05, 4.69) is 33.3 Å². The lowest BCUT2D eigenvalue weighted by Gasteiger charge is -2.36. The molecule has 1 fully saturated rings. The highest BCUT2D eigenvalue weighted by atomic mass is 35.5. The molecule has 7 heteroatoms. The van der Waals surface area contributed by atoms with Gasteiger partial charge in [0.15, 0.2) is 0 Å². The zero-order chi connectivity index (χ0) is 23.8. The molecule has 2 aliphatic rings. The molecule has 1 unspecified atom stereocenters. The van der Waals surface area contributed by atoms with E-state index in [1.807, 2.05) is 24.3 Å². The molecule has 35 heavy (non-hydrogen) atoms. The number of hydrogen-bond donors (Lipinski definition) is 1. The fraction of sp³-hybridized carbons (Fsp3) is 0.536. The van der Waals surface area contributed by atoms with Crippen LogP contribution in [0.4, 0.5) is 5.69 Å². The highest BCUT2D eigenvalue weighted by molar-refractivity contribution is 5.85. The first-order valence-electron chi connectivity index (χ1n) is 12.7. The van der Waals surface area contributed by atoms with Gasteiger partial charge in [0.2, 0.25) is 5.91 Å². The molecule has 1 heterocycles. The molecule has 1 aliphatic heterocycles. The molecular formula is C28H40ClN3O3. The monoisotopic (exact) mass is 501 g/mol. The number of nitrogens with one attached hydrogen (secondary N) is 1. The van der Waals surface area contributed by atoms with Crippen LogP contribution in [0.3, 0.4) is 0 Å². The summed E-state index contributed by atoms with van der Waals surface area (Å²) in [5.74, 6) is 2.07. The second-order valence-electron chi connectivity index (χ2n) is 9.35. The molecule has 1 amide bonds. The normalized spacial score (nSPS) is 17.8. The Balaban J connectivity index is 0.00000342. The van der Waals surface area contributed by atoms with E-state index in [-0.39, 0.29) is 24.4 Å². The van der Waals surface area contributed by atoms with Crippen molar-refractivity contribution >= 4 is 24.0 Å². The smallest absolute Gasteiger partial charge is 0.220 e. The van der Waals surface area contributed by atoms with E-state index in [1.54, 1.807) is 14.2 Å². The number of hydrogen-bond acceptors (Lipinski definition) is 5. The number of para-hydroxylation sites is 2. The van der Waals surface area contributed by atoms with Crippen LogP contribution in [0.1, 0.15) is 55.7 Å². The van der Waals surface area contributed by atoms with Gasteiger partial charge in [-0.3, -0.25) is 9.69 Å². The van der Waals surface area contributed by atoms with E-state index >= 15 is 0 Å². The Hall–Kier alpha value is -2.44. The first kappa shape index (κ1) is 27.2. The Kier molecular flexibility index (Phi) is 10.5. The summed E-state index contributed by atoms with van der Waals surface area (Å²) < 4.78 is 11.0. The Morgan fingerprint density at radius 2 is 1.69 bits per heavy atom. The quantitative estimate of drug-likeness (QED) is 0.464. The van der Waals surface area contributed by atoms with Crippen LogP contribution in [0.5, 0.6) is 11.5 Å². The van der Waals surface area contributed by atoms with Crippen LogP contribution in [0.2, 0.25) is 0 Å². The maximum Gasteiger partial charge on any atom is 0.220 e. The number of carbonyl (C=O) groups excluding carboxylic acids is 1. The maximum absolute atomic E-state index is 12.6. The largest absolute Gasteiger partial charge is 0.496 e. The van der Waals surface area contributed by atoms with Gasteiger partial charge in [0.25, 0.3) is 0 Å². The molecule has 1 N–H and O–H groups in total.